The highest BCUT2D eigenvalue weighted by Gasteiger charge is 2.03. The molecule has 0 aliphatic heterocycles. The summed E-state index contributed by atoms with van der Waals surface area (Å²) in [5.41, 5.74) is 6.60. The molecule has 2 heterocycles. The van der Waals surface area contributed by atoms with E-state index in [0.29, 0.717) is 23.3 Å². The van der Waals surface area contributed by atoms with E-state index in [1.807, 2.05) is 0 Å². The van der Waals surface area contributed by atoms with Gasteiger partial charge in [-0.2, -0.15) is 0 Å². The van der Waals surface area contributed by atoms with E-state index in [1.54, 1.807) is 12.1 Å². The SMILES string of the molecule is NCc1ccc2[nH]c(=O)cc(O)c2n1. The number of hydrogen-bond acceptors (Lipinski definition) is 4. The smallest absolute Gasteiger partial charge is 0.252 e. The molecule has 0 amide bonds. The van der Waals surface area contributed by atoms with Crippen LogP contribution in [-0.4, -0.2) is 15.1 Å². The Morgan fingerprint density at radius 2 is 2.29 bits per heavy atom. The van der Waals surface area contributed by atoms with Crippen molar-refractivity contribution in [3.63, 3.8) is 0 Å². The lowest BCUT2D eigenvalue weighted by Crippen LogP contribution is -2.05. The number of H-pyrrole nitrogens is 1. The molecule has 0 saturated heterocycles. The van der Waals surface area contributed by atoms with Crippen LogP contribution < -0.4 is 11.3 Å². The molecule has 0 aliphatic carbocycles. The van der Waals surface area contributed by atoms with Crippen molar-refractivity contribution in [2.75, 3.05) is 0 Å². The van der Waals surface area contributed by atoms with Crippen LogP contribution >= 0.6 is 0 Å². The van der Waals surface area contributed by atoms with Crippen molar-refractivity contribution in [1.29, 1.82) is 0 Å². The van der Waals surface area contributed by atoms with E-state index in [4.69, 9.17) is 5.73 Å². The molecule has 0 atom stereocenters. The summed E-state index contributed by atoms with van der Waals surface area (Å²) in [5.74, 6) is -0.126. The van der Waals surface area contributed by atoms with Crippen LogP contribution in [0.25, 0.3) is 11.0 Å². The molecule has 0 fully saturated rings. The Hall–Kier alpha value is -1.88. The number of aromatic hydroxyl groups is 1. The lowest BCUT2D eigenvalue weighted by Gasteiger charge is -2.01. The average Bonchev–Trinajstić information content (AvgIpc) is 2.17. The van der Waals surface area contributed by atoms with E-state index in [1.165, 1.54) is 0 Å². The normalized spacial score (nSPS) is 10.6. The van der Waals surface area contributed by atoms with Crippen LogP contribution in [0.1, 0.15) is 5.69 Å². The van der Waals surface area contributed by atoms with E-state index in [9.17, 15) is 9.90 Å². The standard InChI is InChI=1S/C9H9N3O2/c10-4-5-1-2-6-9(11-5)7(13)3-8(14)12-6/h1-3H,4,10H2,(H2,12,13,14). The van der Waals surface area contributed by atoms with Gasteiger partial charge in [-0.1, -0.05) is 0 Å². The molecule has 0 unspecified atom stereocenters. The second-order valence-electron chi connectivity index (χ2n) is 2.92. The van der Waals surface area contributed by atoms with Crippen molar-refractivity contribution in [2.24, 2.45) is 5.73 Å². The zero-order valence-electron chi connectivity index (χ0n) is 7.32. The molecule has 14 heavy (non-hydrogen) atoms. The monoisotopic (exact) mass is 191 g/mol. The Labute approximate surface area is 79.2 Å². The molecule has 0 bridgehead atoms. The summed E-state index contributed by atoms with van der Waals surface area (Å²) in [6, 6.07) is 4.47. The highest BCUT2D eigenvalue weighted by molar-refractivity contribution is 5.80. The van der Waals surface area contributed by atoms with Gasteiger partial charge in [0.15, 0.2) is 0 Å². The van der Waals surface area contributed by atoms with Gasteiger partial charge in [-0.25, -0.2) is 4.98 Å². The Kier molecular flexibility index (Phi) is 1.94. The Morgan fingerprint density at radius 3 is 3.00 bits per heavy atom. The van der Waals surface area contributed by atoms with Gasteiger partial charge in [0.1, 0.15) is 11.3 Å². The van der Waals surface area contributed by atoms with Gasteiger partial charge in [0, 0.05) is 12.6 Å². The number of aromatic nitrogens is 2. The van der Waals surface area contributed by atoms with Crippen LogP contribution in [0.5, 0.6) is 5.75 Å². The molecular weight excluding hydrogens is 182 g/mol. The topological polar surface area (TPSA) is 92.0 Å². The van der Waals surface area contributed by atoms with Gasteiger partial charge in [-0.15, -0.1) is 0 Å². The third kappa shape index (κ3) is 1.33. The number of aromatic amines is 1. The summed E-state index contributed by atoms with van der Waals surface area (Å²) in [6.45, 7) is 0.300. The molecule has 5 heteroatoms. The predicted molar refractivity (Wildman–Crippen MR) is 51.9 cm³/mol. The number of hydrogen-bond donors (Lipinski definition) is 3. The molecule has 0 spiro atoms. The summed E-state index contributed by atoms with van der Waals surface area (Å²) in [7, 11) is 0. The highest BCUT2D eigenvalue weighted by Crippen LogP contribution is 2.18. The average molecular weight is 191 g/mol. The molecule has 4 N–H and O–H groups in total. The van der Waals surface area contributed by atoms with E-state index in [2.05, 4.69) is 9.97 Å². The first-order valence-electron chi connectivity index (χ1n) is 4.12. The largest absolute Gasteiger partial charge is 0.505 e. The zero-order valence-corrected chi connectivity index (χ0v) is 7.32. The number of nitrogens with two attached hydrogens (primary N) is 1. The Balaban J connectivity index is 2.82. The number of nitrogens with one attached hydrogen (secondary N) is 1. The fourth-order valence-corrected chi connectivity index (χ4v) is 1.27. The maximum Gasteiger partial charge on any atom is 0.252 e. The minimum absolute atomic E-state index is 0.126. The van der Waals surface area contributed by atoms with Gasteiger partial charge in [-0.3, -0.25) is 4.79 Å². The van der Waals surface area contributed by atoms with Gasteiger partial charge < -0.3 is 15.8 Å². The van der Waals surface area contributed by atoms with E-state index in [-0.39, 0.29) is 11.3 Å². The quantitative estimate of drug-likeness (QED) is 0.595. The Morgan fingerprint density at radius 1 is 1.50 bits per heavy atom. The van der Waals surface area contributed by atoms with Crippen LogP contribution in [0.2, 0.25) is 0 Å². The van der Waals surface area contributed by atoms with E-state index in [0.717, 1.165) is 6.07 Å². The lowest BCUT2D eigenvalue weighted by atomic mass is 10.2. The first-order chi connectivity index (χ1) is 6.70. The maximum absolute atomic E-state index is 11.0. The first kappa shape index (κ1) is 8.71. The first-order valence-corrected chi connectivity index (χ1v) is 4.12. The predicted octanol–water partition coefficient (Wildman–Crippen LogP) is 0.0874. The van der Waals surface area contributed by atoms with Crippen molar-refractivity contribution in [1.82, 2.24) is 9.97 Å². The fourth-order valence-electron chi connectivity index (χ4n) is 1.27. The van der Waals surface area contributed by atoms with Gasteiger partial charge in [0.2, 0.25) is 0 Å². The second-order valence-corrected chi connectivity index (χ2v) is 2.92. The number of pyridine rings is 2. The molecule has 2 aromatic heterocycles. The summed E-state index contributed by atoms with van der Waals surface area (Å²) >= 11 is 0. The van der Waals surface area contributed by atoms with E-state index >= 15 is 0 Å². The van der Waals surface area contributed by atoms with Crippen LogP contribution in [0.4, 0.5) is 0 Å². The highest BCUT2D eigenvalue weighted by atomic mass is 16.3. The minimum Gasteiger partial charge on any atom is -0.505 e. The van der Waals surface area contributed by atoms with Gasteiger partial charge in [-0.05, 0) is 12.1 Å². The maximum atomic E-state index is 11.0. The molecule has 5 nitrogen and oxygen atoms in total. The molecule has 72 valence electrons. The van der Waals surface area contributed by atoms with Crippen LogP contribution in [-0.2, 0) is 6.54 Å². The van der Waals surface area contributed by atoms with Crippen molar-refractivity contribution in [2.45, 2.75) is 6.54 Å². The molecule has 0 radical (unpaired) electrons. The molecular formula is C9H9N3O2. The van der Waals surface area contributed by atoms with E-state index < -0.39 is 0 Å². The molecule has 0 saturated carbocycles. The van der Waals surface area contributed by atoms with Crippen LogP contribution in [0.3, 0.4) is 0 Å². The van der Waals surface area contributed by atoms with Crippen LogP contribution in [0.15, 0.2) is 23.0 Å². The van der Waals surface area contributed by atoms with Gasteiger partial charge in [0.05, 0.1) is 11.2 Å². The number of nitrogens with zero attached hydrogens (tertiary/aromatic N) is 1. The minimum atomic E-state index is -0.350. The summed E-state index contributed by atoms with van der Waals surface area (Å²) in [5, 5.41) is 9.45. The van der Waals surface area contributed by atoms with Gasteiger partial charge in [0.25, 0.3) is 5.56 Å². The van der Waals surface area contributed by atoms with Crippen molar-refractivity contribution < 1.29 is 5.11 Å². The molecule has 0 aliphatic rings. The van der Waals surface area contributed by atoms with Crippen molar-refractivity contribution >= 4 is 11.0 Å². The third-order valence-corrected chi connectivity index (χ3v) is 1.93. The Bertz CT molecular complexity index is 533. The fraction of sp³-hybridized carbons (Fsp3) is 0.111. The van der Waals surface area contributed by atoms with Gasteiger partial charge >= 0.3 is 0 Å². The lowest BCUT2D eigenvalue weighted by molar-refractivity contribution is 0.479. The van der Waals surface area contributed by atoms with Crippen molar-refractivity contribution in [3.05, 3.63) is 34.2 Å². The molecule has 0 aromatic carbocycles. The summed E-state index contributed by atoms with van der Waals surface area (Å²) in [6.07, 6.45) is 0. The van der Waals surface area contributed by atoms with Crippen molar-refractivity contribution in [3.8, 4) is 5.75 Å². The summed E-state index contributed by atoms with van der Waals surface area (Å²) < 4.78 is 0. The second kappa shape index (κ2) is 3.12. The number of rotatable bonds is 1. The number of fused-ring (bicyclic) bond motifs is 1. The molecule has 2 aromatic rings. The van der Waals surface area contributed by atoms with Crippen LogP contribution in [0, 0.1) is 0 Å². The molecule has 2 rings (SSSR count). The third-order valence-electron chi connectivity index (χ3n) is 1.93. The summed E-state index contributed by atoms with van der Waals surface area (Å²) in [4.78, 5) is 17.6. The zero-order chi connectivity index (χ0) is 10.1.